The van der Waals surface area contributed by atoms with Gasteiger partial charge in [-0.05, 0) is 43.2 Å². The second kappa shape index (κ2) is 9.15. The zero-order chi connectivity index (χ0) is 19.1. The molecular weight excluding hydrogens is 354 g/mol. The molecule has 0 aliphatic heterocycles. The molecule has 2 rings (SSSR count). The van der Waals surface area contributed by atoms with Gasteiger partial charge in [0.15, 0.2) is 6.10 Å². The summed E-state index contributed by atoms with van der Waals surface area (Å²) in [5, 5.41) is 2.96. The third kappa shape index (κ3) is 5.43. The molecule has 0 spiro atoms. The van der Waals surface area contributed by atoms with Crippen molar-refractivity contribution >= 4 is 29.3 Å². The van der Waals surface area contributed by atoms with E-state index in [9.17, 15) is 14.4 Å². The maximum Gasteiger partial charge on any atom is 0.326 e. The van der Waals surface area contributed by atoms with E-state index >= 15 is 0 Å². The molecule has 0 aliphatic carbocycles. The predicted molar refractivity (Wildman–Crippen MR) is 99.5 cm³/mol. The highest BCUT2D eigenvalue weighted by atomic mass is 35.5. The van der Waals surface area contributed by atoms with Gasteiger partial charge in [0.1, 0.15) is 6.54 Å². The molecular formula is C20H20ClNO4. The number of carbonyl (C=O) groups is 3. The van der Waals surface area contributed by atoms with Crippen LogP contribution in [0.4, 0.5) is 0 Å². The SMILES string of the molecule is CCc1ccc(C(=O)[C@@H](C)OC(=O)CNC(=O)c2ccc(Cl)cc2)cc1. The van der Waals surface area contributed by atoms with Crippen LogP contribution in [0.15, 0.2) is 48.5 Å². The van der Waals surface area contributed by atoms with Gasteiger partial charge in [0.2, 0.25) is 5.78 Å². The average Bonchev–Trinajstić information content (AvgIpc) is 2.66. The Balaban J connectivity index is 1.85. The molecule has 2 aromatic carbocycles. The Morgan fingerprint density at radius 1 is 1.00 bits per heavy atom. The number of aryl methyl sites for hydroxylation is 1. The van der Waals surface area contributed by atoms with Gasteiger partial charge in [-0.25, -0.2) is 0 Å². The van der Waals surface area contributed by atoms with Crippen LogP contribution < -0.4 is 5.32 Å². The number of amides is 1. The molecule has 0 radical (unpaired) electrons. The number of Topliss-reactive ketones (excluding diaryl/α,β-unsaturated/α-hetero) is 1. The van der Waals surface area contributed by atoms with Crippen LogP contribution in [-0.2, 0) is 16.0 Å². The van der Waals surface area contributed by atoms with Crippen molar-refractivity contribution in [2.75, 3.05) is 6.54 Å². The maximum atomic E-state index is 12.3. The Morgan fingerprint density at radius 3 is 2.15 bits per heavy atom. The number of nitrogens with one attached hydrogen (secondary N) is 1. The standard InChI is InChI=1S/C20H20ClNO4/c1-3-14-4-6-15(7-5-14)19(24)13(2)26-18(23)12-22-20(25)16-8-10-17(21)11-9-16/h4-11,13H,3,12H2,1-2H3,(H,22,25)/t13-/m1/s1. The Labute approximate surface area is 157 Å². The van der Waals surface area contributed by atoms with Crippen LogP contribution in [0.3, 0.4) is 0 Å². The first kappa shape index (κ1) is 19.7. The summed E-state index contributed by atoms with van der Waals surface area (Å²) in [7, 11) is 0. The molecule has 0 aromatic heterocycles. The number of ether oxygens (including phenoxy) is 1. The van der Waals surface area contributed by atoms with Crippen molar-refractivity contribution in [3.8, 4) is 0 Å². The maximum absolute atomic E-state index is 12.3. The summed E-state index contributed by atoms with van der Waals surface area (Å²) in [4.78, 5) is 36.1. The van der Waals surface area contributed by atoms with Crippen LogP contribution in [0.25, 0.3) is 0 Å². The fraction of sp³-hybridized carbons (Fsp3) is 0.250. The Bertz CT molecular complexity index is 784. The number of hydrogen-bond donors (Lipinski definition) is 1. The van der Waals surface area contributed by atoms with Crippen molar-refractivity contribution in [2.24, 2.45) is 0 Å². The number of ketones is 1. The number of benzene rings is 2. The number of hydrogen-bond acceptors (Lipinski definition) is 4. The molecule has 1 amide bonds. The van der Waals surface area contributed by atoms with Gasteiger partial charge in [-0.3, -0.25) is 14.4 Å². The van der Waals surface area contributed by atoms with Gasteiger partial charge in [0.05, 0.1) is 0 Å². The lowest BCUT2D eigenvalue weighted by Gasteiger charge is -2.13. The van der Waals surface area contributed by atoms with Crippen LogP contribution in [0.2, 0.25) is 5.02 Å². The molecule has 1 atom stereocenters. The van der Waals surface area contributed by atoms with Crippen molar-refractivity contribution < 1.29 is 19.1 Å². The summed E-state index contributed by atoms with van der Waals surface area (Å²) in [6, 6.07) is 13.4. The number of rotatable bonds is 7. The molecule has 136 valence electrons. The van der Waals surface area contributed by atoms with Crippen molar-refractivity contribution in [1.82, 2.24) is 5.32 Å². The van der Waals surface area contributed by atoms with E-state index in [0.717, 1.165) is 12.0 Å². The molecule has 0 heterocycles. The summed E-state index contributed by atoms with van der Waals surface area (Å²) in [5.74, 6) is -1.39. The second-order valence-corrected chi connectivity index (χ2v) is 6.17. The van der Waals surface area contributed by atoms with Gasteiger partial charge in [0.25, 0.3) is 5.91 Å². The molecule has 5 nitrogen and oxygen atoms in total. The van der Waals surface area contributed by atoms with Gasteiger partial charge in [-0.1, -0.05) is 42.8 Å². The van der Waals surface area contributed by atoms with Crippen LogP contribution in [0, 0.1) is 0 Å². The Kier molecular flexibility index (Phi) is 6.92. The third-order valence-electron chi connectivity index (χ3n) is 3.82. The number of esters is 1. The van der Waals surface area contributed by atoms with Crippen molar-refractivity contribution in [3.05, 3.63) is 70.2 Å². The summed E-state index contributed by atoms with van der Waals surface area (Å²) in [6.45, 7) is 3.21. The minimum Gasteiger partial charge on any atom is -0.453 e. The minimum atomic E-state index is -0.928. The molecule has 26 heavy (non-hydrogen) atoms. The minimum absolute atomic E-state index is 0.287. The molecule has 2 aromatic rings. The molecule has 1 N–H and O–H groups in total. The fourth-order valence-electron chi connectivity index (χ4n) is 2.29. The van der Waals surface area contributed by atoms with E-state index in [2.05, 4.69) is 5.32 Å². The zero-order valence-corrected chi connectivity index (χ0v) is 15.4. The Morgan fingerprint density at radius 2 is 1.58 bits per heavy atom. The molecule has 0 fully saturated rings. The smallest absolute Gasteiger partial charge is 0.326 e. The van der Waals surface area contributed by atoms with Crippen LogP contribution in [0.5, 0.6) is 0 Å². The predicted octanol–water partition coefficient (Wildman–Crippen LogP) is 3.45. The van der Waals surface area contributed by atoms with Gasteiger partial charge < -0.3 is 10.1 Å². The lowest BCUT2D eigenvalue weighted by atomic mass is 10.0. The second-order valence-electron chi connectivity index (χ2n) is 5.74. The highest BCUT2D eigenvalue weighted by molar-refractivity contribution is 6.30. The first-order valence-corrected chi connectivity index (χ1v) is 8.65. The zero-order valence-electron chi connectivity index (χ0n) is 14.6. The molecule has 0 bridgehead atoms. The normalized spacial score (nSPS) is 11.5. The van der Waals surface area contributed by atoms with Gasteiger partial charge in [0, 0.05) is 16.1 Å². The van der Waals surface area contributed by atoms with E-state index < -0.39 is 18.0 Å². The Hall–Kier alpha value is -2.66. The summed E-state index contributed by atoms with van der Waals surface area (Å²) in [5.41, 5.74) is 1.98. The largest absolute Gasteiger partial charge is 0.453 e. The summed E-state index contributed by atoms with van der Waals surface area (Å²) < 4.78 is 5.10. The van der Waals surface area contributed by atoms with E-state index in [-0.39, 0.29) is 12.3 Å². The van der Waals surface area contributed by atoms with Crippen LogP contribution in [0.1, 0.15) is 40.1 Å². The molecule has 0 unspecified atom stereocenters. The fourth-order valence-corrected chi connectivity index (χ4v) is 2.41. The van der Waals surface area contributed by atoms with E-state index in [1.807, 2.05) is 19.1 Å². The lowest BCUT2D eigenvalue weighted by Crippen LogP contribution is -2.34. The van der Waals surface area contributed by atoms with Gasteiger partial charge in [-0.2, -0.15) is 0 Å². The summed E-state index contributed by atoms with van der Waals surface area (Å²) in [6.07, 6.45) is -0.0470. The molecule has 0 saturated heterocycles. The number of carbonyl (C=O) groups excluding carboxylic acids is 3. The quantitative estimate of drug-likeness (QED) is 0.596. The first-order chi connectivity index (χ1) is 12.4. The highest BCUT2D eigenvalue weighted by Crippen LogP contribution is 2.10. The van der Waals surface area contributed by atoms with E-state index in [1.165, 1.54) is 6.92 Å². The molecule has 0 aliphatic rings. The summed E-state index contributed by atoms with van der Waals surface area (Å²) >= 11 is 5.76. The topological polar surface area (TPSA) is 72.5 Å². The lowest BCUT2D eigenvalue weighted by molar-refractivity contribution is -0.145. The first-order valence-electron chi connectivity index (χ1n) is 8.27. The van der Waals surface area contributed by atoms with Crippen molar-refractivity contribution in [3.63, 3.8) is 0 Å². The van der Waals surface area contributed by atoms with Crippen molar-refractivity contribution in [1.29, 1.82) is 0 Å². The number of halogens is 1. The highest BCUT2D eigenvalue weighted by Gasteiger charge is 2.20. The van der Waals surface area contributed by atoms with Crippen LogP contribution >= 0.6 is 11.6 Å². The third-order valence-corrected chi connectivity index (χ3v) is 4.08. The average molecular weight is 374 g/mol. The van der Waals surface area contributed by atoms with E-state index in [1.54, 1.807) is 36.4 Å². The van der Waals surface area contributed by atoms with E-state index in [0.29, 0.717) is 16.1 Å². The van der Waals surface area contributed by atoms with Crippen LogP contribution in [-0.4, -0.2) is 30.3 Å². The van der Waals surface area contributed by atoms with E-state index in [4.69, 9.17) is 16.3 Å². The van der Waals surface area contributed by atoms with Gasteiger partial charge in [-0.15, -0.1) is 0 Å². The monoisotopic (exact) mass is 373 g/mol. The molecule has 0 saturated carbocycles. The molecule has 6 heteroatoms. The van der Waals surface area contributed by atoms with Gasteiger partial charge >= 0.3 is 5.97 Å². The van der Waals surface area contributed by atoms with Crippen molar-refractivity contribution in [2.45, 2.75) is 26.4 Å².